The Morgan fingerprint density at radius 3 is 2.45 bits per heavy atom. The van der Waals surface area contributed by atoms with Crippen LogP contribution in [0.4, 0.5) is 0 Å². The highest BCUT2D eigenvalue weighted by atomic mass is 31.1. The van der Waals surface area contributed by atoms with E-state index in [1.807, 2.05) is 6.92 Å². The SMILES string of the molecule is CCCCCOCC[P+](=O)C(CC)CCOC(=O)CC. The molecule has 0 aromatic carbocycles. The summed E-state index contributed by atoms with van der Waals surface area (Å²) < 4.78 is 22.7. The van der Waals surface area contributed by atoms with Gasteiger partial charge < -0.3 is 9.47 Å². The number of esters is 1. The van der Waals surface area contributed by atoms with Gasteiger partial charge in [0.05, 0.1) is 13.2 Å². The van der Waals surface area contributed by atoms with E-state index in [-0.39, 0.29) is 11.6 Å². The molecule has 0 N–H and O–H groups in total. The average molecular weight is 305 g/mol. The minimum absolute atomic E-state index is 0.133. The fourth-order valence-electron chi connectivity index (χ4n) is 1.86. The molecular formula is C15H30O4P+. The zero-order valence-electron chi connectivity index (χ0n) is 13.2. The Hall–Kier alpha value is -0.470. The number of carbonyl (C=O) groups excluding carboxylic acids is 1. The van der Waals surface area contributed by atoms with Gasteiger partial charge in [0.2, 0.25) is 0 Å². The van der Waals surface area contributed by atoms with Crippen LogP contribution < -0.4 is 0 Å². The number of ether oxygens (including phenoxy) is 2. The number of hydrogen-bond donors (Lipinski definition) is 0. The summed E-state index contributed by atoms with van der Waals surface area (Å²) in [7, 11) is -1.27. The van der Waals surface area contributed by atoms with E-state index in [9.17, 15) is 9.36 Å². The molecule has 0 spiro atoms. The van der Waals surface area contributed by atoms with E-state index >= 15 is 0 Å². The van der Waals surface area contributed by atoms with Crippen LogP contribution in [0.1, 0.15) is 59.3 Å². The van der Waals surface area contributed by atoms with Crippen LogP contribution in [0.25, 0.3) is 0 Å². The van der Waals surface area contributed by atoms with Gasteiger partial charge in [-0.25, -0.2) is 0 Å². The summed E-state index contributed by atoms with van der Waals surface area (Å²) in [6, 6.07) is 0. The second kappa shape index (κ2) is 13.5. The van der Waals surface area contributed by atoms with Crippen molar-refractivity contribution in [2.24, 2.45) is 0 Å². The van der Waals surface area contributed by atoms with Gasteiger partial charge in [0, 0.05) is 19.4 Å². The van der Waals surface area contributed by atoms with Gasteiger partial charge in [-0.15, -0.1) is 0 Å². The normalized spacial score (nSPS) is 13.1. The molecule has 118 valence electrons. The topological polar surface area (TPSA) is 52.6 Å². The van der Waals surface area contributed by atoms with Crippen molar-refractivity contribution in [3.8, 4) is 0 Å². The smallest absolute Gasteiger partial charge is 0.344 e. The Kier molecular flexibility index (Phi) is 13.2. The molecule has 0 aromatic rings. The molecule has 0 aliphatic carbocycles. The molecule has 0 amide bonds. The van der Waals surface area contributed by atoms with E-state index < -0.39 is 7.80 Å². The van der Waals surface area contributed by atoms with Crippen LogP contribution in [-0.2, 0) is 18.8 Å². The van der Waals surface area contributed by atoms with E-state index in [4.69, 9.17) is 9.47 Å². The van der Waals surface area contributed by atoms with Crippen molar-refractivity contribution < 1.29 is 18.8 Å². The van der Waals surface area contributed by atoms with E-state index in [1.165, 1.54) is 12.8 Å². The minimum Gasteiger partial charge on any atom is -0.466 e. The predicted molar refractivity (Wildman–Crippen MR) is 82.8 cm³/mol. The van der Waals surface area contributed by atoms with Crippen molar-refractivity contribution in [3.63, 3.8) is 0 Å². The second-order valence-corrected chi connectivity index (χ2v) is 6.90. The first kappa shape index (κ1) is 19.5. The lowest BCUT2D eigenvalue weighted by Crippen LogP contribution is -2.12. The lowest BCUT2D eigenvalue weighted by atomic mass is 10.2. The van der Waals surface area contributed by atoms with Crippen LogP contribution in [-0.4, -0.2) is 37.6 Å². The van der Waals surface area contributed by atoms with E-state index in [2.05, 4.69) is 6.92 Å². The molecule has 0 saturated carbocycles. The predicted octanol–water partition coefficient (Wildman–Crippen LogP) is 4.14. The molecule has 2 unspecified atom stereocenters. The largest absolute Gasteiger partial charge is 0.466 e. The first-order chi connectivity index (χ1) is 9.65. The minimum atomic E-state index is -1.27. The number of rotatable bonds is 13. The molecule has 2 atom stereocenters. The van der Waals surface area contributed by atoms with Gasteiger partial charge in [0.15, 0.2) is 11.8 Å². The van der Waals surface area contributed by atoms with E-state index in [0.717, 1.165) is 19.4 Å². The lowest BCUT2D eigenvalue weighted by Gasteiger charge is -2.06. The highest BCUT2D eigenvalue weighted by molar-refractivity contribution is 7.45. The summed E-state index contributed by atoms with van der Waals surface area (Å²) in [5.74, 6) is -0.186. The number of carbonyl (C=O) groups is 1. The van der Waals surface area contributed by atoms with Crippen molar-refractivity contribution in [2.45, 2.75) is 65.0 Å². The summed E-state index contributed by atoms with van der Waals surface area (Å²) >= 11 is 0. The molecular weight excluding hydrogens is 275 g/mol. The zero-order chi connectivity index (χ0) is 15.2. The van der Waals surface area contributed by atoms with Crippen molar-refractivity contribution >= 4 is 13.8 Å². The van der Waals surface area contributed by atoms with Gasteiger partial charge in [-0.3, -0.25) is 4.79 Å². The van der Waals surface area contributed by atoms with Gasteiger partial charge in [0.25, 0.3) is 0 Å². The summed E-state index contributed by atoms with van der Waals surface area (Å²) in [5.41, 5.74) is 0.133. The highest BCUT2D eigenvalue weighted by Gasteiger charge is 2.28. The summed E-state index contributed by atoms with van der Waals surface area (Å²) in [6.45, 7) is 7.68. The van der Waals surface area contributed by atoms with Gasteiger partial charge in [-0.1, -0.05) is 38.2 Å². The van der Waals surface area contributed by atoms with Gasteiger partial charge in [0.1, 0.15) is 0 Å². The quantitative estimate of drug-likeness (QED) is 0.291. The molecule has 5 heteroatoms. The molecule has 0 heterocycles. The van der Waals surface area contributed by atoms with Gasteiger partial charge in [-0.05, 0) is 12.8 Å². The van der Waals surface area contributed by atoms with Crippen molar-refractivity contribution in [2.75, 3.05) is 26.0 Å². The fourth-order valence-corrected chi connectivity index (χ4v) is 3.33. The molecule has 0 aliphatic heterocycles. The third-order valence-corrected chi connectivity index (χ3v) is 5.29. The maximum Gasteiger partial charge on any atom is 0.344 e. The van der Waals surface area contributed by atoms with Crippen LogP contribution in [0, 0.1) is 0 Å². The van der Waals surface area contributed by atoms with Crippen LogP contribution in [0.15, 0.2) is 0 Å². The third kappa shape index (κ3) is 10.3. The zero-order valence-corrected chi connectivity index (χ0v) is 14.1. The number of hydrogen-bond acceptors (Lipinski definition) is 4. The first-order valence-electron chi connectivity index (χ1n) is 7.82. The molecule has 0 bridgehead atoms. The average Bonchev–Trinajstić information content (AvgIpc) is 2.46. The van der Waals surface area contributed by atoms with Gasteiger partial charge >= 0.3 is 13.8 Å². The summed E-state index contributed by atoms with van der Waals surface area (Å²) in [6.07, 6.45) is 6.01. The molecule has 0 radical (unpaired) electrons. The van der Waals surface area contributed by atoms with Crippen molar-refractivity contribution in [1.82, 2.24) is 0 Å². The standard InChI is InChI=1S/C15H30O4P/c1-4-7-8-10-18-12-13-20(17)14(5-2)9-11-19-15(16)6-3/h14H,4-13H2,1-3H3/q+1. The Bertz CT molecular complexity index is 269. The molecule has 4 nitrogen and oxygen atoms in total. The first-order valence-corrected chi connectivity index (χ1v) is 9.34. The fraction of sp³-hybridized carbons (Fsp3) is 0.933. The van der Waals surface area contributed by atoms with E-state index in [0.29, 0.717) is 32.2 Å². The Labute approximate surface area is 124 Å². The van der Waals surface area contributed by atoms with Gasteiger partial charge in [-0.2, -0.15) is 0 Å². The summed E-state index contributed by atoms with van der Waals surface area (Å²) in [5, 5.41) is 0. The summed E-state index contributed by atoms with van der Waals surface area (Å²) in [4.78, 5) is 11.0. The molecule has 0 aromatic heterocycles. The molecule has 0 rings (SSSR count). The Balaban J connectivity index is 3.71. The molecule has 20 heavy (non-hydrogen) atoms. The third-order valence-electron chi connectivity index (χ3n) is 3.23. The Morgan fingerprint density at radius 1 is 1.10 bits per heavy atom. The number of unbranched alkanes of at least 4 members (excludes halogenated alkanes) is 2. The highest BCUT2D eigenvalue weighted by Crippen LogP contribution is 2.32. The maximum atomic E-state index is 12.1. The maximum absolute atomic E-state index is 12.1. The molecule has 0 saturated heterocycles. The van der Waals surface area contributed by atoms with Crippen molar-refractivity contribution in [3.05, 3.63) is 0 Å². The van der Waals surface area contributed by atoms with Crippen LogP contribution in [0.2, 0.25) is 0 Å². The van der Waals surface area contributed by atoms with Crippen molar-refractivity contribution in [1.29, 1.82) is 0 Å². The molecule has 0 aliphatic rings. The second-order valence-electron chi connectivity index (χ2n) is 4.88. The van der Waals surface area contributed by atoms with Crippen LogP contribution >= 0.6 is 7.80 Å². The van der Waals surface area contributed by atoms with Crippen LogP contribution in [0.5, 0.6) is 0 Å². The lowest BCUT2D eigenvalue weighted by molar-refractivity contribution is -0.143. The molecule has 0 fully saturated rings. The Morgan fingerprint density at radius 2 is 1.85 bits per heavy atom. The monoisotopic (exact) mass is 305 g/mol. The van der Waals surface area contributed by atoms with Crippen LogP contribution in [0.3, 0.4) is 0 Å². The van der Waals surface area contributed by atoms with E-state index in [1.54, 1.807) is 6.92 Å².